The fourth-order valence-electron chi connectivity index (χ4n) is 4.68. The molecule has 0 fully saturated rings. The molecule has 0 unspecified atom stereocenters. The van der Waals surface area contributed by atoms with Gasteiger partial charge in [-0.05, 0) is 45.5 Å². The Balaban J connectivity index is 1.63. The van der Waals surface area contributed by atoms with Gasteiger partial charge in [0, 0.05) is 23.9 Å². The number of carbonyl (C=O) groups excluding carboxylic acids is 1. The number of hydrogen-bond acceptors (Lipinski definition) is 3. The van der Waals surface area contributed by atoms with Gasteiger partial charge in [0.15, 0.2) is 5.95 Å². The lowest BCUT2D eigenvalue weighted by Crippen LogP contribution is -2.37. The number of nitrogens with zero attached hydrogens (tertiary/aromatic N) is 5. The maximum Gasteiger partial charge on any atom is 0.267 e. The minimum atomic E-state index is -0.867. The number of aromatic nitrogens is 3. The molecule has 0 aliphatic carbocycles. The average Bonchev–Trinajstić information content (AvgIpc) is 3.65. The second-order valence-corrected chi connectivity index (χ2v) is 8.53. The van der Waals surface area contributed by atoms with Crippen LogP contribution in [0.5, 0.6) is 0 Å². The topological polar surface area (TPSA) is 111 Å². The molecule has 8 heteroatoms. The van der Waals surface area contributed by atoms with Crippen LogP contribution in [0.3, 0.4) is 0 Å². The van der Waals surface area contributed by atoms with Crippen molar-refractivity contribution in [3.8, 4) is 0 Å². The Hall–Kier alpha value is -5.33. The third-order valence-corrected chi connectivity index (χ3v) is 6.29. The molecule has 0 aliphatic heterocycles. The molecule has 0 aliphatic rings. The molecule has 5 aromatic rings. The van der Waals surface area contributed by atoms with Gasteiger partial charge in [0.1, 0.15) is 11.2 Å². The Morgan fingerprint density at radius 3 is 2.00 bits per heavy atom. The maximum atomic E-state index is 12.2. The summed E-state index contributed by atoms with van der Waals surface area (Å²) < 4.78 is 1.92. The Kier molecular flexibility index (Phi) is 7.16. The molecule has 0 atom stereocenters. The summed E-state index contributed by atoms with van der Waals surface area (Å²) in [6.45, 7) is 0.308. The first-order valence-corrected chi connectivity index (χ1v) is 12.1. The van der Waals surface area contributed by atoms with Gasteiger partial charge >= 0.3 is 0 Å². The summed E-state index contributed by atoms with van der Waals surface area (Å²) in [4.78, 5) is 22.8. The van der Waals surface area contributed by atoms with Crippen molar-refractivity contribution in [3.63, 3.8) is 0 Å². The number of carbonyl (C=O) groups is 1. The van der Waals surface area contributed by atoms with Crippen molar-refractivity contribution >= 4 is 17.9 Å². The first-order valence-electron chi connectivity index (χ1n) is 12.1. The highest BCUT2D eigenvalue weighted by Crippen LogP contribution is 2.43. The molecule has 2 N–H and O–H groups in total. The van der Waals surface area contributed by atoms with E-state index in [1.807, 2.05) is 71.4 Å². The maximum absolute atomic E-state index is 12.2. The minimum absolute atomic E-state index is 0.198. The lowest BCUT2D eigenvalue weighted by molar-refractivity contribution is 0.0953. The monoisotopic (exact) mass is 499 g/mol. The highest BCUT2D eigenvalue weighted by molar-refractivity contribution is 5.92. The van der Waals surface area contributed by atoms with E-state index in [0.29, 0.717) is 17.9 Å². The van der Waals surface area contributed by atoms with Crippen molar-refractivity contribution in [1.29, 1.82) is 0 Å². The number of azide groups is 1. The van der Waals surface area contributed by atoms with E-state index in [-0.39, 0.29) is 11.9 Å². The van der Waals surface area contributed by atoms with Gasteiger partial charge in [-0.15, -0.1) is 0 Å². The molecule has 0 bridgehead atoms. The molecule has 0 saturated carbocycles. The van der Waals surface area contributed by atoms with Crippen molar-refractivity contribution in [2.24, 2.45) is 5.11 Å². The predicted octanol–water partition coefficient (Wildman–Crippen LogP) is 6.44. The van der Waals surface area contributed by atoms with Gasteiger partial charge in [0.25, 0.3) is 5.91 Å². The van der Waals surface area contributed by atoms with Gasteiger partial charge < -0.3 is 14.9 Å². The highest BCUT2D eigenvalue weighted by Gasteiger charge is 2.39. The Bertz CT molecular complexity index is 1470. The summed E-state index contributed by atoms with van der Waals surface area (Å²) in [6, 6.07) is 33.7. The van der Waals surface area contributed by atoms with E-state index in [0.717, 1.165) is 16.7 Å². The number of imidazole rings is 1. The van der Waals surface area contributed by atoms with Crippen molar-refractivity contribution in [1.82, 2.24) is 19.9 Å². The first-order chi connectivity index (χ1) is 18.7. The Morgan fingerprint density at radius 2 is 1.50 bits per heavy atom. The zero-order chi connectivity index (χ0) is 26.2. The molecule has 5 rings (SSSR count). The van der Waals surface area contributed by atoms with E-state index in [2.05, 4.69) is 61.7 Å². The second-order valence-electron chi connectivity index (χ2n) is 8.53. The molecule has 186 valence electrons. The molecule has 1 amide bonds. The van der Waals surface area contributed by atoms with E-state index < -0.39 is 5.54 Å². The predicted molar refractivity (Wildman–Crippen MR) is 148 cm³/mol. The summed E-state index contributed by atoms with van der Waals surface area (Å²) >= 11 is 0. The standard InChI is InChI=1S/C30H25N7O/c31-36-35-29-34-26(18-10-21-33-28(38)27-19-11-20-32-27)22-37(29)30(23-12-4-1-5-13-23,24-14-6-2-7-15-24)25-16-8-3-9-17-25/h1-20,22,32H,21H2,(H,33,38)/b18-10-. The quantitative estimate of drug-likeness (QED) is 0.105. The number of nitrogens with one attached hydrogen (secondary N) is 2. The number of rotatable bonds is 9. The molecular weight excluding hydrogens is 474 g/mol. The summed E-state index contributed by atoms with van der Waals surface area (Å²) in [5, 5.41) is 6.82. The summed E-state index contributed by atoms with van der Waals surface area (Å²) in [7, 11) is 0. The first kappa shape index (κ1) is 24.4. The SMILES string of the molecule is [N-]=[N+]=Nc1nc(/C=C\CNC(=O)c2ccc[nH]2)cn1C(c1ccccc1)(c1ccccc1)c1ccccc1. The molecule has 0 radical (unpaired) electrons. The van der Waals surface area contributed by atoms with Crippen LogP contribution in [-0.2, 0) is 5.54 Å². The summed E-state index contributed by atoms with van der Waals surface area (Å²) in [6.07, 6.45) is 7.18. The number of aromatic amines is 1. The van der Waals surface area contributed by atoms with Crippen molar-refractivity contribution < 1.29 is 4.79 Å². The van der Waals surface area contributed by atoms with Crippen LogP contribution in [0, 0.1) is 0 Å². The van der Waals surface area contributed by atoms with Crippen molar-refractivity contribution in [3.05, 3.63) is 160 Å². The van der Waals surface area contributed by atoms with Crippen molar-refractivity contribution in [2.75, 3.05) is 6.54 Å². The van der Waals surface area contributed by atoms with Gasteiger partial charge in [0.05, 0.1) is 5.69 Å². The van der Waals surface area contributed by atoms with Crippen molar-refractivity contribution in [2.45, 2.75) is 5.54 Å². The van der Waals surface area contributed by atoms with Crippen LogP contribution >= 0.6 is 0 Å². The fraction of sp³-hybridized carbons (Fsp3) is 0.0667. The molecule has 0 spiro atoms. The van der Waals surface area contributed by atoms with Gasteiger partial charge in [-0.1, -0.05) is 97.1 Å². The van der Waals surface area contributed by atoms with Crippen LogP contribution < -0.4 is 5.32 Å². The van der Waals surface area contributed by atoms with Gasteiger partial charge in [-0.25, -0.2) is 4.98 Å². The number of benzene rings is 3. The molecule has 0 saturated heterocycles. The number of H-pyrrole nitrogens is 1. The molecule has 2 heterocycles. The van der Waals surface area contributed by atoms with E-state index in [4.69, 9.17) is 0 Å². The lowest BCUT2D eigenvalue weighted by Gasteiger charge is -2.38. The highest BCUT2D eigenvalue weighted by atomic mass is 16.1. The summed E-state index contributed by atoms with van der Waals surface area (Å²) in [5.41, 5.74) is 12.6. The van der Waals surface area contributed by atoms with Crippen LogP contribution in [0.2, 0.25) is 0 Å². The van der Waals surface area contributed by atoms with Crippen LogP contribution in [0.15, 0.2) is 127 Å². The van der Waals surface area contributed by atoms with E-state index in [9.17, 15) is 10.3 Å². The van der Waals surface area contributed by atoms with Gasteiger partial charge in [0.2, 0.25) is 0 Å². The molecule has 8 nitrogen and oxygen atoms in total. The zero-order valence-corrected chi connectivity index (χ0v) is 20.5. The third kappa shape index (κ3) is 4.72. The van der Waals surface area contributed by atoms with E-state index >= 15 is 0 Å². The number of amides is 1. The third-order valence-electron chi connectivity index (χ3n) is 6.29. The Morgan fingerprint density at radius 1 is 0.921 bits per heavy atom. The number of hydrogen-bond donors (Lipinski definition) is 2. The largest absolute Gasteiger partial charge is 0.357 e. The van der Waals surface area contributed by atoms with Crippen LogP contribution in [-0.4, -0.2) is 27.0 Å². The van der Waals surface area contributed by atoms with Gasteiger partial charge in [-0.2, -0.15) is 0 Å². The van der Waals surface area contributed by atoms with Crippen LogP contribution in [0.4, 0.5) is 5.95 Å². The minimum Gasteiger partial charge on any atom is -0.357 e. The fourth-order valence-corrected chi connectivity index (χ4v) is 4.68. The molecule has 38 heavy (non-hydrogen) atoms. The normalized spacial score (nSPS) is 11.3. The second kappa shape index (κ2) is 11.2. The lowest BCUT2D eigenvalue weighted by atomic mass is 9.76. The molecule has 3 aromatic carbocycles. The Labute approximate surface area is 219 Å². The molecular formula is C30H25N7O. The van der Waals surface area contributed by atoms with E-state index in [1.165, 1.54) is 0 Å². The average molecular weight is 500 g/mol. The van der Waals surface area contributed by atoms with Crippen LogP contribution in [0.1, 0.15) is 32.9 Å². The van der Waals surface area contributed by atoms with E-state index in [1.54, 1.807) is 24.4 Å². The van der Waals surface area contributed by atoms with Crippen LogP contribution in [0.25, 0.3) is 16.5 Å². The summed E-state index contributed by atoms with van der Waals surface area (Å²) in [5.74, 6) is 0.0235. The smallest absolute Gasteiger partial charge is 0.267 e. The van der Waals surface area contributed by atoms with Gasteiger partial charge in [-0.3, -0.25) is 4.79 Å². The molecule has 2 aromatic heterocycles. The zero-order valence-electron chi connectivity index (χ0n) is 20.5.